The molecule has 1 aliphatic carbocycles. The van der Waals surface area contributed by atoms with Gasteiger partial charge in [0.15, 0.2) is 0 Å². The molecule has 0 aliphatic heterocycles. The average Bonchev–Trinajstić information content (AvgIpc) is 2.78. The molecule has 1 aromatic rings. The maximum Gasteiger partial charge on any atom is 0.119 e. The monoisotopic (exact) mass is 233 g/mol. The third kappa shape index (κ3) is 2.63. The molecule has 1 aliphatic rings. The first-order valence-corrected chi connectivity index (χ1v) is 6.64. The Kier molecular flexibility index (Phi) is 3.72. The quantitative estimate of drug-likeness (QED) is 0.861. The second-order valence-corrected chi connectivity index (χ2v) is 5.34. The lowest BCUT2D eigenvalue weighted by Gasteiger charge is -2.31. The van der Waals surface area contributed by atoms with E-state index in [2.05, 4.69) is 19.1 Å². The lowest BCUT2D eigenvalue weighted by molar-refractivity contribution is 0.265. The molecular weight excluding hydrogens is 210 g/mol. The van der Waals surface area contributed by atoms with E-state index in [-0.39, 0.29) is 11.5 Å². The van der Waals surface area contributed by atoms with Crippen LogP contribution in [0, 0.1) is 5.41 Å². The predicted molar refractivity (Wildman–Crippen MR) is 71.1 cm³/mol. The van der Waals surface area contributed by atoms with E-state index in [0.717, 1.165) is 5.75 Å². The molecule has 0 spiro atoms. The minimum atomic E-state index is 0.153. The summed E-state index contributed by atoms with van der Waals surface area (Å²) in [5.41, 5.74) is 7.94. The Balaban J connectivity index is 2.11. The van der Waals surface area contributed by atoms with Crippen LogP contribution in [0.1, 0.15) is 51.1 Å². The Bertz CT molecular complexity index is 352. The average molecular weight is 233 g/mol. The molecule has 0 amide bonds. The molecule has 0 radical (unpaired) electrons. The number of ether oxygens (including phenoxy) is 1. The highest BCUT2D eigenvalue weighted by Gasteiger charge is 2.35. The van der Waals surface area contributed by atoms with Crippen molar-refractivity contribution in [2.24, 2.45) is 11.1 Å². The second-order valence-electron chi connectivity index (χ2n) is 5.34. The van der Waals surface area contributed by atoms with Gasteiger partial charge in [0, 0.05) is 6.04 Å². The van der Waals surface area contributed by atoms with E-state index in [0.29, 0.717) is 6.61 Å². The molecule has 1 atom stereocenters. The van der Waals surface area contributed by atoms with Crippen molar-refractivity contribution in [2.45, 2.75) is 45.6 Å². The SMILES string of the molecule is CCOc1ccc(C(N)C2(C)CCCC2)cc1. The second kappa shape index (κ2) is 5.09. The van der Waals surface area contributed by atoms with Crippen molar-refractivity contribution in [3.63, 3.8) is 0 Å². The van der Waals surface area contributed by atoms with Gasteiger partial charge >= 0.3 is 0 Å². The van der Waals surface area contributed by atoms with Crippen LogP contribution in [-0.4, -0.2) is 6.61 Å². The minimum absolute atomic E-state index is 0.153. The standard InChI is InChI=1S/C15H23NO/c1-3-17-13-8-6-12(7-9-13)14(16)15(2)10-4-5-11-15/h6-9,14H,3-5,10-11,16H2,1-2H3. The van der Waals surface area contributed by atoms with Gasteiger partial charge in [-0.1, -0.05) is 31.9 Å². The number of benzene rings is 1. The first-order valence-electron chi connectivity index (χ1n) is 6.64. The van der Waals surface area contributed by atoms with Gasteiger partial charge in [0.1, 0.15) is 5.75 Å². The van der Waals surface area contributed by atoms with Crippen LogP contribution in [-0.2, 0) is 0 Å². The normalized spacial score (nSPS) is 20.2. The van der Waals surface area contributed by atoms with E-state index in [1.165, 1.54) is 31.2 Å². The Morgan fingerprint density at radius 1 is 1.24 bits per heavy atom. The fraction of sp³-hybridized carbons (Fsp3) is 0.600. The van der Waals surface area contributed by atoms with Gasteiger partial charge in [-0.25, -0.2) is 0 Å². The number of nitrogens with two attached hydrogens (primary N) is 1. The maximum atomic E-state index is 6.42. The van der Waals surface area contributed by atoms with E-state index in [4.69, 9.17) is 10.5 Å². The largest absolute Gasteiger partial charge is 0.494 e. The van der Waals surface area contributed by atoms with E-state index in [1.807, 2.05) is 19.1 Å². The summed E-state index contributed by atoms with van der Waals surface area (Å²) < 4.78 is 5.45. The minimum Gasteiger partial charge on any atom is -0.494 e. The van der Waals surface area contributed by atoms with Crippen molar-refractivity contribution in [2.75, 3.05) is 6.61 Å². The fourth-order valence-electron chi connectivity index (χ4n) is 2.83. The lowest BCUT2D eigenvalue weighted by atomic mass is 9.78. The summed E-state index contributed by atoms with van der Waals surface area (Å²) in [5.74, 6) is 0.931. The summed E-state index contributed by atoms with van der Waals surface area (Å²) in [6.45, 7) is 5.03. The highest BCUT2D eigenvalue weighted by atomic mass is 16.5. The van der Waals surface area contributed by atoms with Gasteiger partial charge in [-0.05, 0) is 42.9 Å². The van der Waals surface area contributed by atoms with Gasteiger partial charge in [0.2, 0.25) is 0 Å². The van der Waals surface area contributed by atoms with Crippen molar-refractivity contribution in [3.05, 3.63) is 29.8 Å². The van der Waals surface area contributed by atoms with Gasteiger partial charge in [0.25, 0.3) is 0 Å². The molecular formula is C15H23NO. The molecule has 94 valence electrons. The van der Waals surface area contributed by atoms with Crippen LogP contribution in [0.25, 0.3) is 0 Å². The van der Waals surface area contributed by atoms with Gasteiger partial charge in [-0.15, -0.1) is 0 Å². The van der Waals surface area contributed by atoms with Crippen LogP contribution in [0.15, 0.2) is 24.3 Å². The number of hydrogen-bond acceptors (Lipinski definition) is 2. The first kappa shape index (κ1) is 12.4. The Labute approximate surface area is 104 Å². The smallest absolute Gasteiger partial charge is 0.119 e. The summed E-state index contributed by atoms with van der Waals surface area (Å²) in [5, 5.41) is 0. The highest BCUT2D eigenvalue weighted by molar-refractivity contribution is 5.30. The summed E-state index contributed by atoms with van der Waals surface area (Å²) in [6, 6.07) is 8.42. The van der Waals surface area contributed by atoms with E-state index >= 15 is 0 Å². The molecule has 2 rings (SSSR count). The van der Waals surface area contributed by atoms with Crippen LogP contribution in [0.3, 0.4) is 0 Å². The van der Waals surface area contributed by atoms with Crippen molar-refractivity contribution >= 4 is 0 Å². The summed E-state index contributed by atoms with van der Waals surface area (Å²) in [7, 11) is 0. The van der Waals surface area contributed by atoms with Crippen LogP contribution >= 0.6 is 0 Å². The van der Waals surface area contributed by atoms with Gasteiger partial charge in [0.05, 0.1) is 6.61 Å². The van der Waals surface area contributed by atoms with Crippen molar-refractivity contribution < 1.29 is 4.74 Å². The Morgan fingerprint density at radius 3 is 2.35 bits per heavy atom. The summed E-state index contributed by atoms with van der Waals surface area (Å²) in [4.78, 5) is 0. The van der Waals surface area contributed by atoms with Crippen LogP contribution in [0.5, 0.6) is 5.75 Å². The number of rotatable bonds is 4. The molecule has 1 saturated carbocycles. The molecule has 1 unspecified atom stereocenters. The van der Waals surface area contributed by atoms with Crippen molar-refractivity contribution in [1.82, 2.24) is 0 Å². The first-order chi connectivity index (χ1) is 8.15. The molecule has 0 saturated heterocycles. The van der Waals surface area contributed by atoms with Crippen molar-refractivity contribution in [1.29, 1.82) is 0 Å². The topological polar surface area (TPSA) is 35.2 Å². The zero-order valence-electron chi connectivity index (χ0n) is 10.9. The van der Waals surface area contributed by atoms with E-state index in [9.17, 15) is 0 Å². The molecule has 2 nitrogen and oxygen atoms in total. The summed E-state index contributed by atoms with van der Waals surface area (Å²) >= 11 is 0. The van der Waals surface area contributed by atoms with Crippen LogP contribution in [0.2, 0.25) is 0 Å². The van der Waals surface area contributed by atoms with E-state index < -0.39 is 0 Å². The zero-order valence-corrected chi connectivity index (χ0v) is 10.9. The molecule has 0 bridgehead atoms. The molecule has 0 aromatic heterocycles. The van der Waals surface area contributed by atoms with Crippen molar-refractivity contribution in [3.8, 4) is 5.75 Å². The number of hydrogen-bond donors (Lipinski definition) is 1. The third-order valence-electron chi connectivity index (χ3n) is 4.05. The van der Waals surface area contributed by atoms with Gasteiger partial charge in [-0.2, -0.15) is 0 Å². The molecule has 2 N–H and O–H groups in total. The lowest BCUT2D eigenvalue weighted by Crippen LogP contribution is -2.29. The highest BCUT2D eigenvalue weighted by Crippen LogP contribution is 2.45. The fourth-order valence-corrected chi connectivity index (χ4v) is 2.83. The Morgan fingerprint density at radius 2 is 1.82 bits per heavy atom. The maximum absolute atomic E-state index is 6.42. The van der Waals surface area contributed by atoms with Gasteiger partial charge < -0.3 is 10.5 Å². The van der Waals surface area contributed by atoms with E-state index in [1.54, 1.807) is 0 Å². The zero-order chi connectivity index (χ0) is 12.3. The third-order valence-corrected chi connectivity index (χ3v) is 4.05. The molecule has 1 fully saturated rings. The summed E-state index contributed by atoms with van der Waals surface area (Å²) in [6.07, 6.45) is 5.14. The molecule has 17 heavy (non-hydrogen) atoms. The molecule has 1 aromatic carbocycles. The Hall–Kier alpha value is -1.02. The molecule has 2 heteroatoms. The van der Waals surface area contributed by atoms with Crippen LogP contribution in [0.4, 0.5) is 0 Å². The predicted octanol–water partition coefficient (Wildman–Crippen LogP) is 3.67. The van der Waals surface area contributed by atoms with Crippen LogP contribution < -0.4 is 10.5 Å². The van der Waals surface area contributed by atoms with Gasteiger partial charge in [-0.3, -0.25) is 0 Å². The molecule has 0 heterocycles.